The molecule has 0 unspecified atom stereocenters. The Morgan fingerprint density at radius 3 is 2.25 bits per heavy atom. The molecule has 1 heterocycles. The van der Waals surface area contributed by atoms with Gasteiger partial charge in [-0.05, 0) is 39.2 Å². The highest BCUT2D eigenvalue weighted by Crippen LogP contribution is 2.38. The minimum Gasteiger partial charge on any atom is -0.400 e. The van der Waals surface area contributed by atoms with Gasteiger partial charge in [0.05, 0.1) is 11.2 Å². The molecule has 108 valence electrons. The third kappa shape index (κ3) is 2.80. The van der Waals surface area contributed by atoms with Gasteiger partial charge in [0, 0.05) is 12.1 Å². The molecule has 0 radical (unpaired) electrons. The van der Waals surface area contributed by atoms with Gasteiger partial charge in [0.2, 0.25) is 0 Å². The van der Waals surface area contributed by atoms with Gasteiger partial charge in [-0.3, -0.25) is 0 Å². The molecule has 0 atom stereocenters. The molecule has 0 aliphatic carbocycles. The Kier molecular flexibility index (Phi) is 4.05. The zero-order chi connectivity index (χ0) is 15.0. The van der Waals surface area contributed by atoms with Crippen LogP contribution in [0.4, 0.5) is 4.39 Å². The lowest BCUT2D eigenvalue weighted by Crippen LogP contribution is -2.41. The van der Waals surface area contributed by atoms with Crippen LogP contribution in [0.3, 0.4) is 0 Å². The second-order valence-electron chi connectivity index (χ2n) is 6.03. The van der Waals surface area contributed by atoms with Gasteiger partial charge in [0.25, 0.3) is 0 Å². The molecule has 1 aliphatic rings. The van der Waals surface area contributed by atoms with E-state index in [4.69, 9.17) is 15.0 Å². The maximum absolute atomic E-state index is 13.7. The summed E-state index contributed by atoms with van der Waals surface area (Å²) in [5.74, 6) is -0.282. The fourth-order valence-corrected chi connectivity index (χ4v) is 2.01. The monoisotopic (exact) mass is 277 g/mol. The molecule has 0 bridgehead atoms. The van der Waals surface area contributed by atoms with Gasteiger partial charge in [0.15, 0.2) is 0 Å². The van der Waals surface area contributed by atoms with Crippen molar-refractivity contribution in [2.24, 2.45) is 5.73 Å². The number of hydrogen-bond donors (Lipinski definition) is 1. The smallest absolute Gasteiger partial charge is 0.400 e. The molecular weight excluding hydrogens is 256 g/mol. The summed E-state index contributed by atoms with van der Waals surface area (Å²) in [6.45, 7) is 8.16. The first-order chi connectivity index (χ1) is 9.27. The van der Waals surface area contributed by atoms with Crippen molar-refractivity contribution < 1.29 is 13.7 Å². The number of halogens is 1. The number of benzene rings is 1. The molecule has 20 heavy (non-hydrogen) atoms. The number of hydrogen-bond acceptors (Lipinski definition) is 3. The largest absolute Gasteiger partial charge is 0.491 e. The zero-order valence-corrected chi connectivity index (χ0v) is 12.4. The first-order valence-corrected chi connectivity index (χ1v) is 6.77. The molecule has 1 aromatic carbocycles. The molecule has 2 N–H and O–H groups in total. The first kappa shape index (κ1) is 15.2. The lowest BCUT2D eigenvalue weighted by atomic mass is 9.77. The van der Waals surface area contributed by atoms with Gasteiger partial charge in [-0.1, -0.05) is 24.3 Å². The Morgan fingerprint density at radius 1 is 1.20 bits per heavy atom. The van der Waals surface area contributed by atoms with E-state index in [0.29, 0.717) is 5.56 Å². The Labute approximate surface area is 120 Å². The molecule has 2 rings (SSSR count). The van der Waals surface area contributed by atoms with E-state index in [1.807, 2.05) is 27.7 Å². The second kappa shape index (κ2) is 5.32. The van der Waals surface area contributed by atoms with Crippen LogP contribution in [-0.4, -0.2) is 24.9 Å². The van der Waals surface area contributed by atoms with E-state index >= 15 is 0 Å². The highest BCUT2D eigenvalue weighted by atomic mass is 19.1. The Morgan fingerprint density at radius 2 is 1.75 bits per heavy atom. The summed E-state index contributed by atoms with van der Waals surface area (Å²) in [5, 5.41) is 0. The standard InChI is InChI=1S/C15H21BFNO2/c1-14(2)15(3,4)20-16(19-14)12(10-18)9-11-7-5-6-8-13(11)17/h5-9H,10,18H2,1-4H3. The molecule has 3 nitrogen and oxygen atoms in total. The lowest BCUT2D eigenvalue weighted by Gasteiger charge is -2.32. The molecule has 1 fully saturated rings. The Hall–Kier alpha value is -1.17. The predicted molar refractivity (Wildman–Crippen MR) is 79.5 cm³/mol. The maximum Gasteiger partial charge on any atom is 0.491 e. The lowest BCUT2D eigenvalue weighted by molar-refractivity contribution is 0.00578. The molecular formula is C15H21BFNO2. The third-order valence-corrected chi connectivity index (χ3v) is 4.04. The van der Waals surface area contributed by atoms with Crippen molar-refractivity contribution in [2.45, 2.75) is 38.9 Å². The average Bonchev–Trinajstić information content (AvgIpc) is 2.57. The third-order valence-electron chi connectivity index (χ3n) is 4.04. The molecule has 0 spiro atoms. The van der Waals surface area contributed by atoms with E-state index in [1.54, 1.807) is 24.3 Å². The van der Waals surface area contributed by atoms with Crippen LogP contribution in [0, 0.1) is 5.82 Å². The molecule has 0 aromatic heterocycles. The van der Waals surface area contributed by atoms with Gasteiger partial charge >= 0.3 is 7.12 Å². The summed E-state index contributed by atoms with van der Waals surface area (Å²) in [6.07, 6.45) is 1.71. The minimum absolute atomic E-state index is 0.255. The SMILES string of the molecule is CC1(C)OB(C(=Cc2ccccc2F)CN)OC1(C)C. The fraction of sp³-hybridized carbons (Fsp3) is 0.467. The molecule has 0 saturated carbocycles. The normalized spacial score (nSPS) is 21.3. The van der Waals surface area contributed by atoms with Crippen LogP contribution in [0.1, 0.15) is 33.3 Å². The molecule has 1 aliphatic heterocycles. The van der Waals surface area contributed by atoms with Crippen molar-refractivity contribution in [3.05, 3.63) is 41.1 Å². The van der Waals surface area contributed by atoms with E-state index < -0.39 is 18.3 Å². The van der Waals surface area contributed by atoms with Crippen molar-refractivity contribution in [1.82, 2.24) is 0 Å². The molecule has 1 aromatic rings. The predicted octanol–water partition coefficient (Wildman–Crippen LogP) is 2.80. The van der Waals surface area contributed by atoms with Gasteiger partial charge in [-0.25, -0.2) is 4.39 Å². The maximum atomic E-state index is 13.7. The van der Waals surface area contributed by atoms with E-state index in [9.17, 15) is 4.39 Å². The van der Waals surface area contributed by atoms with Crippen molar-refractivity contribution >= 4 is 13.2 Å². The van der Waals surface area contributed by atoms with Gasteiger partial charge < -0.3 is 15.0 Å². The quantitative estimate of drug-likeness (QED) is 0.864. The fourth-order valence-electron chi connectivity index (χ4n) is 2.01. The minimum atomic E-state index is -0.537. The highest BCUT2D eigenvalue weighted by Gasteiger charge is 2.52. The molecule has 0 amide bonds. The van der Waals surface area contributed by atoms with Crippen molar-refractivity contribution in [3.63, 3.8) is 0 Å². The van der Waals surface area contributed by atoms with Gasteiger partial charge in [0.1, 0.15) is 5.82 Å². The Bertz CT molecular complexity index is 512. The summed E-state index contributed by atoms with van der Waals surface area (Å²) < 4.78 is 25.6. The van der Waals surface area contributed by atoms with Crippen LogP contribution in [0.2, 0.25) is 0 Å². The van der Waals surface area contributed by atoms with Crippen molar-refractivity contribution in [2.75, 3.05) is 6.54 Å². The van der Waals surface area contributed by atoms with E-state index in [0.717, 1.165) is 5.47 Å². The summed E-state index contributed by atoms with van der Waals surface area (Å²) in [7, 11) is -0.537. The van der Waals surface area contributed by atoms with E-state index in [1.165, 1.54) is 6.07 Å². The van der Waals surface area contributed by atoms with Crippen LogP contribution < -0.4 is 5.73 Å². The van der Waals surface area contributed by atoms with E-state index in [2.05, 4.69) is 0 Å². The second-order valence-corrected chi connectivity index (χ2v) is 6.03. The summed E-state index contributed by atoms with van der Waals surface area (Å²) in [5.41, 5.74) is 6.14. The van der Waals surface area contributed by atoms with Gasteiger partial charge in [-0.15, -0.1) is 0 Å². The zero-order valence-electron chi connectivity index (χ0n) is 12.4. The molecule has 5 heteroatoms. The van der Waals surface area contributed by atoms with Crippen LogP contribution in [-0.2, 0) is 9.31 Å². The molecule has 1 saturated heterocycles. The average molecular weight is 277 g/mol. The summed E-state index contributed by atoms with van der Waals surface area (Å²) in [4.78, 5) is 0. The number of nitrogens with two attached hydrogens (primary N) is 1. The highest BCUT2D eigenvalue weighted by molar-refractivity contribution is 6.55. The summed E-state index contributed by atoms with van der Waals surface area (Å²) >= 11 is 0. The van der Waals surface area contributed by atoms with Crippen LogP contribution in [0.25, 0.3) is 6.08 Å². The summed E-state index contributed by atoms with van der Waals surface area (Å²) in [6, 6.07) is 6.57. The Balaban J connectivity index is 2.29. The van der Waals surface area contributed by atoms with Crippen LogP contribution in [0.5, 0.6) is 0 Å². The first-order valence-electron chi connectivity index (χ1n) is 6.77. The van der Waals surface area contributed by atoms with E-state index in [-0.39, 0.29) is 12.4 Å². The van der Waals surface area contributed by atoms with Crippen LogP contribution in [0.15, 0.2) is 29.7 Å². The van der Waals surface area contributed by atoms with Gasteiger partial charge in [-0.2, -0.15) is 0 Å². The van der Waals surface area contributed by atoms with Crippen LogP contribution >= 0.6 is 0 Å². The van der Waals surface area contributed by atoms with Crippen molar-refractivity contribution in [1.29, 1.82) is 0 Å². The van der Waals surface area contributed by atoms with Crippen molar-refractivity contribution in [3.8, 4) is 0 Å². The number of rotatable bonds is 3. The topological polar surface area (TPSA) is 44.5 Å².